The number of halogens is 1. The van der Waals surface area contributed by atoms with Crippen LogP contribution in [0.3, 0.4) is 0 Å². The summed E-state index contributed by atoms with van der Waals surface area (Å²) in [6, 6.07) is 1.82. The summed E-state index contributed by atoms with van der Waals surface area (Å²) in [5.41, 5.74) is 0. The standard InChI is InChI=1S/C8H7BrN4S/c1-6(9)5-14-8-11-7-10-3-2-4-13(7)12-8/h2-4H,1,5H2. The van der Waals surface area contributed by atoms with Crippen LogP contribution >= 0.6 is 27.7 Å². The molecule has 6 heteroatoms. The van der Waals surface area contributed by atoms with Crippen molar-refractivity contribution in [3.63, 3.8) is 0 Å². The Bertz CT molecular complexity index is 434. The molecule has 0 saturated heterocycles. The summed E-state index contributed by atoms with van der Waals surface area (Å²) in [6.45, 7) is 3.74. The summed E-state index contributed by atoms with van der Waals surface area (Å²) < 4.78 is 2.58. The van der Waals surface area contributed by atoms with Crippen molar-refractivity contribution >= 4 is 33.5 Å². The van der Waals surface area contributed by atoms with Crippen molar-refractivity contribution in [3.8, 4) is 0 Å². The number of rotatable bonds is 3. The first-order chi connectivity index (χ1) is 6.75. The first kappa shape index (κ1) is 9.67. The van der Waals surface area contributed by atoms with E-state index in [2.05, 4.69) is 37.6 Å². The average molecular weight is 271 g/mol. The van der Waals surface area contributed by atoms with Crippen molar-refractivity contribution in [2.24, 2.45) is 0 Å². The smallest absolute Gasteiger partial charge is 0.220 e. The Morgan fingerprint density at radius 2 is 2.50 bits per heavy atom. The molecular weight excluding hydrogens is 264 g/mol. The fourth-order valence-corrected chi connectivity index (χ4v) is 1.84. The fraction of sp³-hybridized carbons (Fsp3) is 0.125. The van der Waals surface area contributed by atoms with Gasteiger partial charge in [0, 0.05) is 18.1 Å². The maximum absolute atomic E-state index is 4.23. The first-order valence-electron chi connectivity index (χ1n) is 3.89. The fourth-order valence-electron chi connectivity index (χ4n) is 0.918. The van der Waals surface area contributed by atoms with Crippen LogP contribution in [0.5, 0.6) is 0 Å². The molecule has 2 aromatic rings. The van der Waals surface area contributed by atoms with Crippen LogP contribution in [-0.2, 0) is 0 Å². The zero-order valence-electron chi connectivity index (χ0n) is 7.22. The van der Waals surface area contributed by atoms with Gasteiger partial charge in [0.1, 0.15) is 0 Å². The van der Waals surface area contributed by atoms with E-state index in [1.54, 1.807) is 10.7 Å². The van der Waals surface area contributed by atoms with E-state index in [9.17, 15) is 0 Å². The molecule has 2 aromatic heterocycles. The molecular formula is C8H7BrN4S. The van der Waals surface area contributed by atoms with Gasteiger partial charge in [0.15, 0.2) is 0 Å². The van der Waals surface area contributed by atoms with E-state index in [4.69, 9.17) is 0 Å². The molecule has 0 aliphatic carbocycles. The van der Waals surface area contributed by atoms with Crippen molar-refractivity contribution in [2.75, 3.05) is 5.75 Å². The topological polar surface area (TPSA) is 43.1 Å². The van der Waals surface area contributed by atoms with Crippen LogP contribution in [0.25, 0.3) is 5.78 Å². The van der Waals surface area contributed by atoms with Gasteiger partial charge >= 0.3 is 0 Å². The number of aromatic nitrogens is 4. The van der Waals surface area contributed by atoms with Gasteiger partial charge in [0.2, 0.25) is 5.16 Å². The third kappa shape index (κ3) is 2.13. The summed E-state index contributed by atoms with van der Waals surface area (Å²) >= 11 is 4.81. The molecule has 2 rings (SSSR count). The molecule has 0 aliphatic heterocycles. The first-order valence-corrected chi connectivity index (χ1v) is 5.67. The van der Waals surface area contributed by atoms with E-state index in [0.717, 1.165) is 10.2 Å². The minimum Gasteiger partial charge on any atom is -0.220 e. The van der Waals surface area contributed by atoms with Crippen molar-refractivity contribution in [2.45, 2.75) is 5.16 Å². The Morgan fingerprint density at radius 3 is 3.21 bits per heavy atom. The van der Waals surface area contributed by atoms with E-state index in [1.807, 2.05) is 12.3 Å². The minimum atomic E-state index is 0.621. The molecule has 0 N–H and O–H groups in total. The van der Waals surface area contributed by atoms with E-state index < -0.39 is 0 Å². The molecule has 0 fully saturated rings. The van der Waals surface area contributed by atoms with E-state index >= 15 is 0 Å². The maximum atomic E-state index is 4.23. The third-order valence-electron chi connectivity index (χ3n) is 1.46. The van der Waals surface area contributed by atoms with E-state index in [-0.39, 0.29) is 0 Å². The number of hydrogen-bond donors (Lipinski definition) is 0. The van der Waals surface area contributed by atoms with Crippen LogP contribution in [0.15, 0.2) is 34.7 Å². The van der Waals surface area contributed by atoms with Gasteiger partial charge in [-0.1, -0.05) is 34.3 Å². The molecule has 0 saturated carbocycles. The molecule has 0 aromatic carbocycles. The highest BCUT2D eigenvalue weighted by Gasteiger charge is 2.03. The predicted molar refractivity (Wildman–Crippen MR) is 59.6 cm³/mol. The van der Waals surface area contributed by atoms with E-state index in [0.29, 0.717) is 10.9 Å². The monoisotopic (exact) mass is 270 g/mol. The average Bonchev–Trinajstić information content (AvgIpc) is 2.57. The molecule has 0 spiro atoms. The second kappa shape index (κ2) is 4.10. The van der Waals surface area contributed by atoms with Gasteiger partial charge in [-0.05, 0) is 10.5 Å². The largest absolute Gasteiger partial charge is 0.253 e. The summed E-state index contributed by atoms with van der Waals surface area (Å²) in [6.07, 6.45) is 3.52. The molecule has 0 aliphatic rings. The Hall–Kier alpha value is -0.880. The van der Waals surface area contributed by atoms with Gasteiger partial charge in [-0.25, -0.2) is 9.50 Å². The van der Waals surface area contributed by atoms with Crippen LogP contribution < -0.4 is 0 Å². The lowest BCUT2D eigenvalue weighted by atomic mass is 10.7. The highest BCUT2D eigenvalue weighted by atomic mass is 79.9. The van der Waals surface area contributed by atoms with Crippen molar-refractivity contribution < 1.29 is 0 Å². The van der Waals surface area contributed by atoms with Gasteiger partial charge in [-0.2, -0.15) is 4.98 Å². The quantitative estimate of drug-likeness (QED) is 0.802. The van der Waals surface area contributed by atoms with Crippen molar-refractivity contribution in [1.29, 1.82) is 0 Å². The van der Waals surface area contributed by atoms with Crippen LogP contribution in [0.2, 0.25) is 0 Å². The lowest BCUT2D eigenvalue weighted by Gasteiger charge is -1.90. The molecule has 4 nitrogen and oxygen atoms in total. The Balaban J connectivity index is 2.22. The van der Waals surface area contributed by atoms with Crippen molar-refractivity contribution in [1.82, 2.24) is 19.6 Å². The second-order valence-corrected chi connectivity index (χ2v) is 4.63. The highest BCUT2D eigenvalue weighted by molar-refractivity contribution is 9.11. The lowest BCUT2D eigenvalue weighted by molar-refractivity contribution is 0.880. The number of nitrogens with zero attached hydrogens (tertiary/aromatic N) is 4. The molecule has 14 heavy (non-hydrogen) atoms. The molecule has 0 atom stereocenters. The number of fused-ring (bicyclic) bond motifs is 1. The van der Waals surface area contributed by atoms with Crippen LogP contribution in [-0.4, -0.2) is 25.3 Å². The molecule has 0 unspecified atom stereocenters. The highest BCUT2D eigenvalue weighted by Crippen LogP contribution is 2.18. The molecule has 0 bridgehead atoms. The van der Waals surface area contributed by atoms with Crippen LogP contribution in [0, 0.1) is 0 Å². The van der Waals surface area contributed by atoms with E-state index in [1.165, 1.54) is 11.8 Å². The van der Waals surface area contributed by atoms with Crippen LogP contribution in [0.4, 0.5) is 0 Å². The normalized spacial score (nSPS) is 10.6. The number of thioether (sulfide) groups is 1. The Morgan fingerprint density at radius 1 is 1.64 bits per heavy atom. The van der Waals surface area contributed by atoms with Gasteiger partial charge in [0.05, 0.1) is 0 Å². The minimum absolute atomic E-state index is 0.621. The van der Waals surface area contributed by atoms with Crippen LogP contribution in [0.1, 0.15) is 0 Å². The summed E-state index contributed by atoms with van der Waals surface area (Å²) in [7, 11) is 0. The summed E-state index contributed by atoms with van der Waals surface area (Å²) in [4.78, 5) is 8.30. The Labute approximate surface area is 93.6 Å². The molecule has 0 amide bonds. The zero-order chi connectivity index (χ0) is 9.97. The van der Waals surface area contributed by atoms with Gasteiger partial charge in [-0.15, -0.1) is 5.10 Å². The number of hydrogen-bond acceptors (Lipinski definition) is 4. The maximum Gasteiger partial charge on any atom is 0.253 e. The molecule has 0 radical (unpaired) electrons. The lowest BCUT2D eigenvalue weighted by Crippen LogP contribution is -1.87. The summed E-state index contributed by atoms with van der Waals surface area (Å²) in [5, 5.41) is 4.94. The third-order valence-corrected chi connectivity index (χ3v) is 3.03. The SMILES string of the molecule is C=C(Br)CSc1nc2ncccn2n1. The molecule has 2 heterocycles. The predicted octanol–water partition coefficient (Wildman–Crippen LogP) is 2.12. The van der Waals surface area contributed by atoms with Gasteiger partial charge in [-0.3, -0.25) is 0 Å². The second-order valence-electron chi connectivity index (χ2n) is 2.56. The van der Waals surface area contributed by atoms with Crippen molar-refractivity contribution in [3.05, 3.63) is 29.5 Å². The summed E-state index contributed by atoms with van der Waals surface area (Å²) in [5.74, 6) is 1.38. The van der Waals surface area contributed by atoms with Gasteiger partial charge < -0.3 is 0 Å². The molecule has 72 valence electrons. The Kier molecular flexibility index (Phi) is 2.83. The van der Waals surface area contributed by atoms with Gasteiger partial charge in [0.25, 0.3) is 5.78 Å². The zero-order valence-corrected chi connectivity index (χ0v) is 9.62.